The highest BCUT2D eigenvalue weighted by atomic mass is 16.4. The standard InChI is InChI=1S/C6H10O5/c7-3-1-2-4(8)5(9)6(10)11/h4,7-8H,1-3H2,(H,10,11). The molecule has 1 atom stereocenters. The Labute approximate surface area is 63.3 Å². The van der Waals surface area contributed by atoms with Crippen LogP contribution in [0.15, 0.2) is 0 Å². The van der Waals surface area contributed by atoms with Crippen molar-refractivity contribution in [2.45, 2.75) is 18.9 Å². The van der Waals surface area contributed by atoms with Gasteiger partial charge in [-0.1, -0.05) is 0 Å². The number of aliphatic carboxylic acids is 1. The summed E-state index contributed by atoms with van der Waals surface area (Å²) >= 11 is 0. The Morgan fingerprint density at radius 2 is 1.91 bits per heavy atom. The summed E-state index contributed by atoms with van der Waals surface area (Å²) in [6.07, 6.45) is -1.28. The van der Waals surface area contributed by atoms with Gasteiger partial charge in [0.2, 0.25) is 0 Å². The predicted molar refractivity (Wildman–Crippen MR) is 35.0 cm³/mol. The lowest BCUT2D eigenvalue weighted by Crippen LogP contribution is -2.28. The molecular weight excluding hydrogens is 152 g/mol. The Hall–Kier alpha value is -0.940. The van der Waals surface area contributed by atoms with Crippen molar-refractivity contribution in [1.29, 1.82) is 0 Å². The highest BCUT2D eigenvalue weighted by Gasteiger charge is 2.21. The summed E-state index contributed by atoms with van der Waals surface area (Å²) in [4.78, 5) is 20.3. The number of aliphatic hydroxyl groups excluding tert-OH is 2. The first kappa shape index (κ1) is 10.1. The Balaban J connectivity index is 3.73. The number of carbonyl (C=O) groups excluding carboxylic acids is 1. The van der Waals surface area contributed by atoms with Crippen LogP contribution in [0.5, 0.6) is 0 Å². The molecule has 0 fully saturated rings. The highest BCUT2D eigenvalue weighted by Crippen LogP contribution is 1.97. The van der Waals surface area contributed by atoms with Crippen molar-refractivity contribution in [3.63, 3.8) is 0 Å². The van der Waals surface area contributed by atoms with Gasteiger partial charge in [0.05, 0.1) is 0 Å². The van der Waals surface area contributed by atoms with Gasteiger partial charge in [-0.2, -0.15) is 0 Å². The fraction of sp³-hybridized carbons (Fsp3) is 0.667. The third-order valence-corrected chi connectivity index (χ3v) is 1.15. The maximum Gasteiger partial charge on any atom is 0.374 e. The van der Waals surface area contributed by atoms with E-state index in [0.717, 1.165) is 0 Å². The van der Waals surface area contributed by atoms with Gasteiger partial charge in [0.1, 0.15) is 6.10 Å². The molecule has 0 aliphatic rings. The van der Waals surface area contributed by atoms with Crippen molar-refractivity contribution < 1.29 is 24.9 Å². The van der Waals surface area contributed by atoms with E-state index in [1.165, 1.54) is 0 Å². The second-order valence-electron chi connectivity index (χ2n) is 2.05. The highest BCUT2D eigenvalue weighted by molar-refractivity contribution is 6.34. The fourth-order valence-electron chi connectivity index (χ4n) is 0.558. The zero-order valence-electron chi connectivity index (χ0n) is 5.86. The van der Waals surface area contributed by atoms with Crippen molar-refractivity contribution in [3.05, 3.63) is 0 Å². The van der Waals surface area contributed by atoms with Gasteiger partial charge in [-0.15, -0.1) is 0 Å². The van der Waals surface area contributed by atoms with E-state index in [2.05, 4.69) is 0 Å². The molecule has 64 valence electrons. The number of Topliss-reactive ketones (excluding diaryl/α,β-unsaturated/α-hetero) is 1. The number of carboxylic acids is 1. The van der Waals surface area contributed by atoms with E-state index >= 15 is 0 Å². The summed E-state index contributed by atoms with van der Waals surface area (Å²) in [6.45, 7) is -0.163. The first-order valence-corrected chi connectivity index (χ1v) is 3.15. The van der Waals surface area contributed by atoms with E-state index in [1.54, 1.807) is 0 Å². The van der Waals surface area contributed by atoms with Crippen molar-refractivity contribution in [3.8, 4) is 0 Å². The number of ketones is 1. The maximum absolute atomic E-state index is 10.4. The molecule has 0 saturated heterocycles. The molecule has 0 aliphatic heterocycles. The molecule has 0 heterocycles. The van der Waals surface area contributed by atoms with E-state index in [1.807, 2.05) is 0 Å². The molecule has 0 aliphatic carbocycles. The second kappa shape index (κ2) is 4.81. The topological polar surface area (TPSA) is 94.8 Å². The van der Waals surface area contributed by atoms with Crippen molar-refractivity contribution >= 4 is 11.8 Å². The average molecular weight is 162 g/mol. The first-order valence-electron chi connectivity index (χ1n) is 3.15. The van der Waals surface area contributed by atoms with Crippen molar-refractivity contribution in [2.24, 2.45) is 0 Å². The molecule has 3 N–H and O–H groups in total. The minimum absolute atomic E-state index is 0.0123. The van der Waals surface area contributed by atoms with Crippen LogP contribution in [0.2, 0.25) is 0 Å². The van der Waals surface area contributed by atoms with Crippen LogP contribution in [0.25, 0.3) is 0 Å². The molecule has 11 heavy (non-hydrogen) atoms. The monoisotopic (exact) mass is 162 g/mol. The molecule has 0 spiro atoms. The largest absolute Gasteiger partial charge is 0.475 e. The average Bonchev–Trinajstić information content (AvgIpc) is 1.98. The first-order chi connectivity index (χ1) is 5.09. The van der Waals surface area contributed by atoms with Crippen LogP contribution in [0.1, 0.15) is 12.8 Å². The smallest absolute Gasteiger partial charge is 0.374 e. The third kappa shape index (κ3) is 3.69. The number of hydrogen-bond acceptors (Lipinski definition) is 4. The molecule has 0 radical (unpaired) electrons. The van der Waals surface area contributed by atoms with Crippen LogP contribution in [-0.4, -0.2) is 39.8 Å². The van der Waals surface area contributed by atoms with E-state index < -0.39 is 17.9 Å². The van der Waals surface area contributed by atoms with Gasteiger partial charge < -0.3 is 15.3 Å². The lowest BCUT2D eigenvalue weighted by molar-refractivity contribution is -0.153. The number of carboxylic acid groups (broad SMARTS) is 1. The molecule has 5 nitrogen and oxygen atoms in total. The SMILES string of the molecule is O=C(O)C(=O)C(O)CCCO. The van der Waals surface area contributed by atoms with Crippen molar-refractivity contribution in [2.75, 3.05) is 6.61 Å². The number of aliphatic hydroxyl groups is 2. The van der Waals surface area contributed by atoms with E-state index in [0.29, 0.717) is 0 Å². The summed E-state index contributed by atoms with van der Waals surface area (Å²) in [5, 5.41) is 25.1. The molecular formula is C6H10O5. The molecule has 0 amide bonds. The Kier molecular flexibility index (Phi) is 4.40. The van der Waals surface area contributed by atoms with Gasteiger partial charge >= 0.3 is 5.97 Å². The minimum atomic E-state index is -1.64. The van der Waals surface area contributed by atoms with Crippen molar-refractivity contribution in [1.82, 2.24) is 0 Å². The number of carbonyl (C=O) groups is 2. The van der Waals surface area contributed by atoms with Crippen LogP contribution in [0.3, 0.4) is 0 Å². The van der Waals surface area contributed by atoms with Gasteiger partial charge in [0.25, 0.3) is 5.78 Å². The summed E-state index contributed by atoms with van der Waals surface area (Å²) in [7, 11) is 0. The van der Waals surface area contributed by atoms with Crippen LogP contribution in [0, 0.1) is 0 Å². The zero-order chi connectivity index (χ0) is 8.85. The van der Waals surface area contributed by atoms with Gasteiger partial charge in [-0.05, 0) is 12.8 Å². The quantitative estimate of drug-likeness (QED) is 0.440. The molecule has 0 aromatic rings. The molecule has 0 aromatic heterocycles. The van der Waals surface area contributed by atoms with E-state index in [4.69, 9.17) is 15.3 Å². The second-order valence-corrected chi connectivity index (χ2v) is 2.05. The fourth-order valence-corrected chi connectivity index (χ4v) is 0.558. The summed E-state index contributed by atoms with van der Waals surface area (Å²) in [5.74, 6) is -2.87. The Bertz CT molecular complexity index is 153. The molecule has 0 rings (SSSR count). The van der Waals surface area contributed by atoms with Gasteiger partial charge in [-0.25, -0.2) is 4.79 Å². The molecule has 5 heteroatoms. The normalized spacial score (nSPS) is 12.5. The summed E-state index contributed by atoms with van der Waals surface area (Å²) < 4.78 is 0. The Morgan fingerprint density at radius 1 is 1.36 bits per heavy atom. The van der Waals surface area contributed by atoms with Gasteiger partial charge in [-0.3, -0.25) is 4.79 Å². The molecule has 0 saturated carbocycles. The number of hydrogen-bond donors (Lipinski definition) is 3. The molecule has 0 aromatic carbocycles. The van der Waals surface area contributed by atoms with Gasteiger partial charge in [0, 0.05) is 6.61 Å². The predicted octanol–water partition coefficient (Wildman–Crippen LogP) is -1.23. The Morgan fingerprint density at radius 3 is 2.27 bits per heavy atom. The minimum Gasteiger partial charge on any atom is -0.475 e. The van der Waals surface area contributed by atoms with Crippen LogP contribution >= 0.6 is 0 Å². The number of rotatable bonds is 5. The van der Waals surface area contributed by atoms with Crippen LogP contribution < -0.4 is 0 Å². The summed E-state index contributed by atoms with van der Waals surface area (Å²) in [5.41, 5.74) is 0. The molecule has 1 unspecified atom stereocenters. The van der Waals surface area contributed by atoms with E-state index in [-0.39, 0.29) is 19.4 Å². The third-order valence-electron chi connectivity index (χ3n) is 1.15. The molecule has 0 bridgehead atoms. The zero-order valence-corrected chi connectivity index (χ0v) is 5.86. The summed E-state index contributed by atoms with van der Waals surface area (Å²) in [6, 6.07) is 0. The van der Waals surface area contributed by atoms with Crippen LogP contribution in [-0.2, 0) is 9.59 Å². The maximum atomic E-state index is 10.4. The van der Waals surface area contributed by atoms with Gasteiger partial charge in [0.15, 0.2) is 0 Å². The lowest BCUT2D eigenvalue weighted by Gasteiger charge is -2.03. The lowest BCUT2D eigenvalue weighted by atomic mass is 10.1. The van der Waals surface area contributed by atoms with E-state index in [9.17, 15) is 9.59 Å². The van der Waals surface area contributed by atoms with Crippen LogP contribution in [0.4, 0.5) is 0 Å².